The molecule has 2 unspecified atom stereocenters. The Morgan fingerprint density at radius 1 is 0.657 bits per heavy atom. The fourth-order valence-electron chi connectivity index (χ4n) is 6.92. The molecule has 0 heterocycles. The molecule has 0 fully saturated rings. The van der Waals surface area contributed by atoms with Gasteiger partial charge in [-0.15, -0.1) is 0 Å². The number of hydrogen-bond acceptors (Lipinski definition) is 0. The maximum atomic E-state index is 2.62. The average Bonchev–Trinajstić information content (AvgIpc) is 3.34. The number of hydrogen-bond donors (Lipinski definition) is 0. The third-order valence-corrected chi connectivity index (χ3v) is 13.0. The zero-order valence-corrected chi connectivity index (χ0v) is 23.7. The Kier molecular flexibility index (Phi) is 6.04. The first-order valence-electron chi connectivity index (χ1n) is 13.3. The van der Waals surface area contributed by atoms with Crippen molar-refractivity contribution in [2.45, 2.75) is 77.6 Å². The predicted molar refractivity (Wildman–Crippen MR) is 157 cm³/mol. The third kappa shape index (κ3) is 3.98. The van der Waals surface area contributed by atoms with Crippen LogP contribution in [0.15, 0.2) is 71.8 Å². The number of benzene rings is 3. The van der Waals surface area contributed by atoms with Crippen LogP contribution in [0.5, 0.6) is 0 Å². The zero-order chi connectivity index (χ0) is 25.1. The lowest BCUT2D eigenvalue weighted by Gasteiger charge is -2.39. The number of rotatable bonds is 5. The first kappa shape index (κ1) is 24.1. The van der Waals surface area contributed by atoms with Crippen LogP contribution >= 0.6 is 0 Å². The fraction of sp³-hybridized carbons (Fsp3) is 0.353. The van der Waals surface area contributed by atoms with Crippen LogP contribution in [0.4, 0.5) is 0 Å². The highest BCUT2D eigenvalue weighted by atomic mass is 28.3. The van der Waals surface area contributed by atoms with Crippen LogP contribution in [-0.2, 0) is 0 Å². The van der Waals surface area contributed by atoms with Gasteiger partial charge in [-0.05, 0) is 70.2 Å². The standard InChI is InChI=1S/C34H40Si/c1-21(2)26-18-27(22(3)4)20-28(19-26)29-14-11-15-31-32(29)17-24(6)34(31)35(7,8)33-23(5)16-25-12-9-10-13-30(25)33/h9-22,33-34H,1-8H3. The molecule has 35 heavy (non-hydrogen) atoms. The second kappa shape index (κ2) is 8.78. The lowest BCUT2D eigenvalue weighted by atomic mass is 9.89. The van der Waals surface area contributed by atoms with Gasteiger partial charge in [0.05, 0.1) is 8.07 Å². The molecule has 0 amide bonds. The van der Waals surface area contributed by atoms with Gasteiger partial charge >= 0.3 is 0 Å². The van der Waals surface area contributed by atoms with E-state index in [1.807, 2.05) is 0 Å². The van der Waals surface area contributed by atoms with Crippen LogP contribution in [0.25, 0.3) is 23.3 Å². The van der Waals surface area contributed by atoms with Crippen LogP contribution in [0.1, 0.15) is 97.8 Å². The molecule has 0 aliphatic heterocycles. The molecule has 0 saturated carbocycles. The Hall–Kier alpha value is -2.64. The number of fused-ring (bicyclic) bond motifs is 2. The molecule has 3 aromatic carbocycles. The molecule has 2 aliphatic carbocycles. The van der Waals surface area contributed by atoms with Crippen molar-refractivity contribution < 1.29 is 0 Å². The highest BCUT2D eigenvalue weighted by molar-refractivity contribution is 6.81. The Labute approximate surface area is 213 Å². The summed E-state index contributed by atoms with van der Waals surface area (Å²) in [6, 6.07) is 23.4. The zero-order valence-electron chi connectivity index (χ0n) is 22.7. The molecule has 0 N–H and O–H groups in total. The molecular weight excluding hydrogens is 436 g/mol. The molecule has 3 aromatic rings. The molecule has 0 spiro atoms. The van der Waals surface area contributed by atoms with Crippen LogP contribution < -0.4 is 0 Å². The Bertz CT molecular complexity index is 1320. The normalized spacial score (nSPS) is 19.1. The van der Waals surface area contributed by atoms with Crippen molar-refractivity contribution in [1.82, 2.24) is 0 Å². The van der Waals surface area contributed by atoms with Gasteiger partial charge in [0.15, 0.2) is 0 Å². The van der Waals surface area contributed by atoms with E-state index in [9.17, 15) is 0 Å². The van der Waals surface area contributed by atoms with Crippen molar-refractivity contribution in [1.29, 1.82) is 0 Å². The summed E-state index contributed by atoms with van der Waals surface area (Å²) in [5, 5.41) is 0. The van der Waals surface area contributed by atoms with Gasteiger partial charge in [0.25, 0.3) is 0 Å². The van der Waals surface area contributed by atoms with Crippen LogP contribution in [-0.4, -0.2) is 8.07 Å². The van der Waals surface area contributed by atoms with Crippen molar-refractivity contribution in [2.24, 2.45) is 0 Å². The first-order valence-corrected chi connectivity index (χ1v) is 16.5. The monoisotopic (exact) mass is 476 g/mol. The topological polar surface area (TPSA) is 0 Å². The minimum absolute atomic E-state index is 0.526. The van der Waals surface area contributed by atoms with Crippen LogP contribution in [0, 0.1) is 0 Å². The highest BCUT2D eigenvalue weighted by Crippen LogP contribution is 2.53. The summed E-state index contributed by atoms with van der Waals surface area (Å²) in [5.74, 6) is 1.05. The summed E-state index contributed by atoms with van der Waals surface area (Å²) in [6.45, 7) is 19.2. The molecule has 2 aliphatic rings. The van der Waals surface area contributed by atoms with Gasteiger partial charge in [0.2, 0.25) is 0 Å². The molecule has 5 rings (SSSR count). The quantitative estimate of drug-likeness (QED) is 0.321. The Morgan fingerprint density at radius 2 is 1.23 bits per heavy atom. The SMILES string of the molecule is CC1=Cc2ccccc2C1[Si](C)(C)C1C(C)=Cc2c(-c3cc(C(C)C)cc(C(C)C)c3)cccc21. The summed E-state index contributed by atoms with van der Waals surface area (Å²) in [6.07, 6.45) is 4.95. The molecular formula is C34H40Si. The van der Waals surface area contributed by atoms with E-state index >= 15 is 0 Å². The lowest BCUT2D eigenvalue weighted by molar-refractivity contribution is 0.834. The van der Waals surface area contributed by atoms with E-state index in [0.717, 1.165) is 0 Å². The summed E-state index contributed by atoms with van der Waals surface area (Å²) in [5.41, 5.74) is 15.8. The van der Waals surface area contributed by atoms with Crippen LogP contribution in [0.3, 0.4) is 0 Å². The van der Waals surface area contributed by atoms with Gasteiger partial charge in [0, 0.05) is 11.1 Å². The second-order valence-corrected chi connectivity index (χ2v) is 16.9. The van der Waals surface area contributed by atoms with Crippen molar-refractivity contribution in [2.75, 3.05) is 0 Å². The van der Waals surface area contributed by atoms with Gasteiger partial charge in [-0.2, -0.15) is 0 Å². The Morgan fingerprint density at radius 3 is 1.89 bits per heavy atom. The molecule has 1 heteroatoms. The van der Waals surface area contributed by atoms with E-state index in [-0.39, 0.29) is 0 Å². The molecule has 2 atom stereocenters. The smallest absolute Gasteiger partial charge is 0.0679 e. The molecule has 180 valence electrons. The molecule has 0 nitrogen and oxygen atoms in total. The van der Waals surface area contributed by atoms with Crippen molar-refractivity contribution in [3.63, 3.8) is 0 Å². The summed E-state index contributed by atoms with van der Waals surface area (Å²) in [4.78, 5) is 0. The van der Waals surface area contributed by atoms with E-state index < -0.39 is 8.07 Å². The van der Waals surface area contributed by atoms with Gasteiger partial charge < -0.3 is 0 Å². The van der Waals surface area contributed by atoms with Gasteiger partial charge in [-0.3, -0.25) is 0 Å². The molecule has 0 bridgehead atoms. The van der Waals surface area contributed by atoms with Crippen molar-refractivity contribution in [3.05, 3.63) is 105 Å². The van der Waals surface area contributed by atoms with Gasteiger partial charge in [-0.1, -0.05) is 125 Å². The summed E-state index contributed by atoms with van der Waals surface area (Å²) >= 11 is 0. The minimum atomic E-state index is -1.78. The molecule has 0 aromatic heterocycles. The average molecular weight is 477 g/mol. The molecule has 0 radical (unpaired) electrons. The summed E-state index contributed by atoms with van der Waals surface area (Å²) in [7, 11) is -1.78. The van der Waals surface area contributed by atoms with E-state index in [0.29, 0.717) is 22.9 Å². The minimum Gasteiger partial charge on any atom is -0.0679 e. The second-order valence-electron chi connectivity index (χ2n) is 12.1. The largest absolute Gasteiger partial charge is 0.0722 e. The van der Waals surface area contributed by atoms with Crippen molar-refractivity contribution >= 4 is 20.2 Å². The van der Waals surface area contributed by atoms with Gasteiger partial charge in [0.1, 0.15) is 0 Å². The van der Waals surface area contributed by atoms with E-state index in [1.54, 1.807) is 22.3 Å². The number of allylic oxidation sites excluding steroid dienone is 2. The highest BCUT2D eigenvalue weighted by Gasteiger charge is 2.46. The van der Waals surface area contributed by atoms with Gasteiger partial charge in [-0.25, -0.2) is 0 Å². The maximum absolute atomic E-state index is 2.62. The lowest BCUT2D eigenvalue weighted by Crippen LogP contribution is -2.42. The van der Waals surface area contributed by atoms with Crippen molar-refractivity contribution in [3.8, 4) is 11.1 Å². The van der Waals surface area contributed by atoms with E-state index in [2.05, 4.69) is 127 Å². The summed E-state index contributed by atoms with van der Waals surface area (Å²) < 4.78 is 0. The third-order valence-electron chi connectivity index (χ3n) is 8.53. The maximum Gasteiger partial charge on any atom is 0.0722 e. The predicted octanol–water partition coefficient (Wildman–Crippen LogP) is 10.1. The van der Waals surface area contributed by atoms with E-state index in [1.165, 1.54) is 33.4 Å². The van der Waals surface area contributed by atoms with Crippen LogP contribution in [0.2, 0.25) is 13.1 Å². The first-order chi connectivity index (χ1) is 16.6. The Balaban J connectivity index is 1.63. The fourth-order valence-corrected chi connectivity index (χ4v) is 11.9. The molecule has 0 saturated heterocycles. The van der Waals surface area contributed by atoms with E-state index in [4.69, 9.17) is 0 Å².